The van der Waals surface area contributed by atoms with E-state index in [1.54, 1.807) is 0 Å². The van der Waals surface area contributed by atoms with Crippen LogP contribution in [0.2, 0.25) is 0 Å². The largest absolute Gasteiger partial charge is 0.458 e. The van der Waals surface area contributed by atoms with Crippen LogP contribution in [0.4, 0.5) is 17.1 Å². The number of nitrogens with zero attached hydrogens (tertiary/aromatic N) is 4. The summed E-state index contributed by atoms with van der Waals surface area (Å²) >= 11 is 0. The minimum absolute atomic E-state index is 0.0366. The zero-order valence-electron chi connectivity index (χ0n) is 39.3. The van der Waals surface area contributed by atoms with Gasteiger partial charge in [-0.15, -0.1) is 0 Å². The van der Waals surface area contributed by atoms with Gasteiger partial charge in [-0.05, 0) is 102 Å². The van der Waals surface area contributed by atoms with Crippen molar-refractivity contribution in [1.82, 2.24) is 4.57 Å². The normalized spacial score (nSPS) is 15.3. The Bertz CT molecular complexity index is 2910. The smallest absolute Gasteiger partial charge is 0.244 e. The number of fused-ring (bicyclic) bond motifs is 10. The molecule has 3 heterocycles. The topological polar surface area (TPSA) is 24.5 Å². The molecule has 1 aromatic heterocycles. The van der Waals surface area contributed by atoms with Crippen molar-refractivity contribution in [3.63, 3.8) is 0 Å². The quantitative estimate of drug-likeness (QED) is 0.131. The molecule has 5 heteroatoms. The third-order valence-corrected chi connectivity index (χ3v) is 13.8. The third-order valence-electron chi connectivity index (χ3n) is 13.8. The van der Waals surface area contributed by atoms with Gasteiger partial charge in [-0.1, -0.05) is 162 Å². The number of benzene rings is 6. The summed E-state index contributed by atoms with van der Waals surface area (Å²) in [5.41, 5.74) is 19.9. The average molecular weight is 819 g/mol. The Morgan fingerprint density at radius 2 is 1.18 bits per heavy atom. The third kappa shape index (κ3) is 5.83. The highest BCUT2D eigenvalue weighted by molar-refractivity contribution is 6.00. The van der Waals surface area contributed by atoms with E-state index < -0.39 is 5.41 Å². The Balaban J connectivity index is 1.28. The van der Waals surface area contributed by atoms with Crippen LogP contribution in [0.25, 0.3) is 27.8 Å². The second-order valence-electron chi connectivity index (χ2n) is 22.3. The summed E-state index contributed by atoms with van der Waals surface area (Å²) < 4.78 is 11.1. The van der Waals surface area contributed by atoms with Crippen molar-refractivity contribution >= 4 is 28.1 Å². The van der Waals surface area contributed by atoms with Gasteiger partial charge >= 0.3 is 0 Å². The molecule has 0 amide bonds. The molecule has 0 N–H and O–H groups in total. The number of para-hydroxylation sites is 3. The van der Waals surface area contributed by atoms with Gasteiger partial charge in [-0.25, -0.2) is 0 Å². The van der Waals surface area contributed by atoms with E-state index in [1.807, 2.05) is 11.6 Å². The van der Waals surface area contributed by atoms with E-state index in [1.165, 1.54) is 72.7 Å². The summed E-state index contributed by atoms with van der Waals surface area (Å²) in [6, 6.07) is 41.0. The van der Waals surface area contributed by atoms with Gasteiger partial charge in [-0.3, -0.25) is 0 Å². The van der Waals surface area contributed by atoms with Crippen LogP contribution in [-0.2, 0) is 34.1 Å². The van der Waals surface area contributed by atoms with Gasteiger partial charge in [0.15, 0.2) is 0 Å². The molecule has 0 bridgehead atoms. The van der Waals surface area contributed by atoms with E-state index in [-0.39, 0.29) is 21.7 Å². The molecule has 0 radical (unpaired) electrons. The summed E-state index contributed by atoms with van der Waals surface area (Å²) in [7, 11) is 4.28. The van der Waals surface area contributed by atoms with E-state index in [4.69, 9.17) is 4.74 Å². The van der Waals surface area contributed by atoms with Crippen molar-refractivity contribution in [2.75, 3.05) is 23.5 Å². The number of imidazole rings is 1. The fraction of sp³-hybridized carbons (Fsp3) is 0.351. The predicted molar refractivity (Wildman–Crippen MR) is 257 cm³/mol. The van der Waals surface area contributed by atoms with Gasteiger partial charge in [0.05, 0.1) is 52.9 Å². The summed E-state index contributed by atoms with van der Waals surface area (Å²) in [6.45, 7) is 29.4. The maximum absolute atomic E-state index is 6.93. The number of aromatic nitrogens is 2. The lowest BCUT2D eigenvalue weighted by Gasteiger charge is -2.46. The highest BCUT2D eigenvalue weighted by atomic mass is 16.5. The van der Waals surface area contributed by atoms with Crippen LogP contribution in [0, 0.1) is 6.33 Å². The first-order valence-corrected chi connectivity index (χ1v) is 22.4. The number of hydrogen-bond acceptors (Lipinski definition) is 3. The summed E-state index contributed by atoms with van der Waals surface area (Å²) in [5, 5.41) is 0. The number of anilines is 3. The Morgan fingerprint density at radius 3 is 1.79 bits per heavy atom. The molecule has 0 atom stereocenters. The number of rotatable bonds is 3. The summed E-state index contributed by atoms with van der Waals surface area (Å²) in [5.74, 6) is 1.60. The number of ether oxygens (including phenoxy) is 1. The maximum Gasteiger partial charge on any atom is 0.244 e. The predicted octanol–water partition coefficient (Wildman–Crippen LogP) is 13.5. The lowest BCUT2D eigenvalue weighted by atomic mass is 9.59. The molecular formula is C57H62N4O. The standard InChI is InChI=1S/C57H62N4O/c1-53(2,3)35-27-40-41-28-36(54(4,5)6)30-45(56(10,11)12)51(41)57(50(40)44(29-35)55(7,8)9)42-26-25-39(32-49(42)61-34-59(14)48-24-18-21-43(57)52(48)61)62-38-20-17-19-37(31-38)60-33-58(13)46-22-15-16-23-47(46)60/h15-32H,34H2,1-14H3. The van der Waals surface area contributed by atoms with Crippen LogP contribution in [0.1, 0.15) is 128 Å². The highest BCUT2D eigenvalue weighted by Gasteiger charge is 2.57. The monoisotopic (exact) mass is 818 g/mol. The molecule has 7 aromatic rings. The van der Waals surface area contributed by atoms with E-state index in [9.17, 15) is 0 Å². The molecule has 1 spiro atoms. The van der Waals surface area contributed by atoms with Crippen molar-refractivity contribution < 1.29 is 9.30 Å². The fourth-order valence-corrected chi connectivity index (χ4v) is 10.7. The summed E-state index contributed by atoms with van der Waals surface area (Å²) in [4.78, 5) is 4.96. The Morgan fingerprint density at radius 1 is 0.581 bits per heavy atom. The van der Waals surface area contributed by atoms with Gasteiger partial charge in [0.2, 0.25) is 6.33 Å². The van der Waals surface area contributed by atoms with Gasteiger partial charge in [-0.2, -0.15) is 0 Å². The molecule has 62 heavy (non-hydrogen) atoms. The SMILES string of the molecule is CN1CN2c3cc(Oc4cccc(-n5[c-][n+](C)c6ccccc65)c4)ccc3C3(c4cccc1c42)c1c(cc(C(C)(C)C)cc1C(C)(C)C)-c1cc(C(C)(C)C)cc(C(C)(C)C)c13. The van der Waals surface area contributed by atoms with Crippen LogP contribution in [0.15, 0.2) is 109 Å². The van der Waals surface area contributed by atoms with E-state index in [0.29, 0.717) is 0 Å². The van der Waals surface area contributed by atoms with E-state index in [2.05, 4.69) is 220 Å². The lowest BCUT2D eigenvalue weighted by molar-refractivity contribution is -0.649. The molecule has 0 saturated heterocycles. The molecule has 1 aliphatic carbocycles. The summed E-state index contributed by atoms with van der Waals surface area (Å²) in [6.07, 6.45) is 3.50. The van der Waals surface area contributed by atoms with Crippen LogP contribution in [-0.4, -0.2) is 18.3 Å². The minimum Gasteiger partial charge on any atom is -0.458 e. The van der Waals surface area contributed by atoms with E-state index >= 15 is 0 Å². The van der Waals surface area contributed by atoms with Crippen molar-refractivity contribution in [3.8, 4) is 28.3 Å². The van der Waals surface area contributed by atoms with Crippen LogP contribution in [0.5, 0.6) is 11.5 Å². The fourth-order valence-electron chi connectivity index (χ4n) is 10.7. The lowest BCUT2D eigenvalue weighted by Crippen LogP contribution is -2.40. The Labute approximate surface area is 369 Å². The second-order valence-corrected chi connectivity index (χ2v) is 22.3. The maximum atomic E-state index is 6.93. The molecule has 6 aromatic carbocycles. The highest BCUT2D eigenvalue weighted by Crippen LogP contribution is 2.68. The first kappa shape index (κ1) is 40.3. The van der Waals surface area contributed by atoms with Crippen LogP contribution >= 0.6 is 0 Å². The van der Waals surface area contributed by atoms with Crippen molar-refractivity contribution in [1.29, 1.82) is 0 Å². The molecule has 0 unspecified atom stereocenters. The Hall–Kier alpha value is -5.81. The Kier molecular flexibility index (Phi) is 8.52. The van der Waals surface area contributed by atoms with Gasteiger partial charge in [0, 0.05) is 13.1 Å². The molecule has 0 saturated carbocycles. The molecule has 10 rings (SSSR count). The van der Waals surface area contributed by atoms with Crippen molar-refractivity contribution in [2.24, 2.45) is 7.05 Å². The van der Waals surface area contributed by atoms with Crippen molar-refractivity contribution in [2.45, 2.75) is 110 Å². The van der Waals surface area contributed by atoms with Gasteiger partial charge < -0.3 is 23.7 Å². The van der Waals surface area contributed by atoms with Gasteiger partial charge in [0.25, 0.3) is 0 Å². The molecule has 316 valence electrons. The first-order chi connectivity index (χ1) is 29.1. The molecule has 5 nitrogen and oxygen atoms in total. The van der Waals surface area contributed by atoms with Gasteiger partial charge in [0.1, 0.15) is 11.5 Å². The molecule has 0 fully saturated rings. The van der Waals surface area contributed by atoms with E-state index in [0.717, 1.165) is 34.9 Å². The molecular weight excluding hydrogens is 757 g/mol. The zero-order chi connectivity index (χ0) is 44.1. The number of aryl methyl sites for hydroxylation is 1. The minimum atomic E-state index is -0.593. The first-order valence-electron chi connectivity index (χ1n) is 22.4. The average Bonchev–Trinajstić information content (AvgIpc) is 3.83. The molecule has 2 aliphatic heterocycles. The molecule has 3 aliphatic rings. The van der Waals surface area contributed by atoms with Crippen molar-refractivity contribution in [3.05, 3.63) is 160 Å². The second kappa shape index (κ2) is 13.1. The van der Waals surface area contributed by atoms with Crippen LogP contribution < -0.4 is 19.1 Å². The number of hydrogen-bond donors (Lipinski definition) is 0. The van der Waals surface area contributed by atoms with Crippen LogP contribution in [0.3, 0.4) is 0 Å². The zero-order valence-corrected chi connectivity index (χ0v) is 39.3.